The van der Waals surface area contributed by atoms with Gasteiger partial charge in [-0.25, -0.2) is 0 Å². The highest BCUT2D eigenvalue weighted by Gasteiger charge is 2.24. The van der Waals surface area contributed by atoms with E-state index in [2.05, 4.69) is 86.8 Å². The SMILES string of the molecule is CC(C)(C)c1ccc2c(c1)CC(c1ccc3ccccc3c1)N2. The Morgan fingerprint density at radius 2 is 1.65 bits per heavy atom. The molecular formula is C22H23N. The molecule has 1 nitrogen and oxygen atoms in total. The molecule has 0 spiro atoms. The molecule has 0 amide bonds. The molecule has 4 rings (SSSR count). The summed E-state index contributed by atoms with van der Waals surface area (Å²) >= 11 is 0. The summed E-state index contributed by atoms with van der Waals surface area (Å²) in [5.41, 5.74) is 5.72. The van der Waals surface area contributed by atoms with E-state index in [1.807, 2.05) is 0 Å². The zero-order valence-electron chi connectivity index (χ0n) is 14.1. The maximum atomic E-state index is 3.69. The minimum Gasteiger partial charge on any atom is -0.378 e. The number of hydrogen-bond donors (Lipinski definition) is 1. The summed E-state index contributed by atoms with van der Waals surface area (Å²) in [7, 11) is 0. The van der Waals surface area contributed by atoms with Gasteiger partial charge in [-0.2, -0.15) is 0 Å². The predicted molar refractivity (Wildman–Crippen MR) is 99.2 cm³/mol. The minimum atomic E-state index is 0.204. The molecule has 0 saturated heterocycles. The molecule has 1 heterocycles. The maximum Gasteiger partial charge on any atom is 0.0555 e. The van der Waals surface area contributed by atoms with E-state index in [1.165, 1.54) is 33.2 Å². The van der Waals surface area contributed by atoms with Crippen molar-refractivity contribution in [2.45, 2.75) is 38.6 Å². The van der Waals surface area contributed by atoms with E-state index >= 15 is 0 Å². The maximum absolute atomic E-state index is 3.69. The molecule has 1 aliphatic rings. The molecular weight excluding hydrogens is 278 g/mol. The number of benzene rings is 3. The fourth-order valence-electron chi connectivity index (χ4n) is 3.45. The van der Waals surface area contributed by atoms with Gasteiger partial charge in [-0.1, -0.05) is 69.3 Å². The molecule has 0 aliphatic carbocycles. The highest BCUT2D eigenvalue weighted by atomic mass is 14.9. The monoisotopic (exact) mass is 301 g/mol. The lowest BCUT2D eigenvalue weighted by Gasteiger charge is -2.19. The molecule has 3 aromatic carbocycles. The van der Waals surface area contributed by atoms with Crippen LogP contribution in [0.25, 0.3) is 10.8 Å². The van der Waals surface area contributed by atoms with Crippen molar-refractivity contribution in [2.24, 2.45) is 0 Å². The number of hydrogen-bond acceptors (Lipinski definition) is 1. The fourth-order valence-corrected chi connectivity index (χ4v) is 3.45. The van der Waals surface area contributed by atoms with E-state index in [0.29, 0.717) is 6.04 Å². The molecule has 1 N–H and O–H groups in total. The number of nitrogens with one attached hydrogen (secondary N) is 1. The second kappa shape index (κ2) is 5.13. The number of anilines is 1. The summed E-state index contributed by atoms with van der Waals surface area (Å²) in [6, 6.07) is 22.7. The summed E-state index contributed by atoms with van der Waals surface area (Å²) in [5.74, 6) is 0. The van der Waals surface area contributed by atoms with Crippen LogP contribution in [0.2, 0.25) is 0 Å². The molecule has 0 saturated carbocycles. The van der Waals surface area contributed by atoms with Crippen LogP contribution in [0.1, 0.15) is 43.5 Å². The molecule has 0 aromatic heterocycles. The fraction of sp³-hybridized carbons (Fsp3) is 0.273. The van der Waals surface area contributed by atoms with Gasteiger partial charge in [0.2, 0.25) is 0 Å². The van der Waals surface area contributed by atoms with E-state index in [0.717, 1.165) is 6.42 Å². The summed E-state index contributed by atoms with van der Waals surface area (Å²) < 4.78 is 0. The van der Waals surface area contributed by atoms with Gasteiger partial charge in [0.05, 0.1) is 6.04 Å². The standard InChI is InChI=1S/C22H23N/c1-22(2,3)19-10-11-20-18(13-19)14-21(23-20)17-9-8-15-6-4-5-7-16(15)12-17/h4-13,21,23H,14H2,1-3H3. The van der Waals surface area contributed by atoms with Crippen molar-refractivity contribution in [2.75, 3.05) is 5.32 Å². The molecule has 1 unspecified atom stereocenters. The summed E-state index contributed by atoms with van der Waals surface area (Å²) in [4.78, 5) is 0. The van der Waals surface area contributed by atoms with E-state index in [-0.39, 0.29) is 5.41 Å². The lowest BCUT2D eigenvalue weighted by Crippen LogP contribution is -2.10. The van der Waals surface area contributed by atoms with E-state index in [9.17, 15) is 0 Å². The van der Waals surface area contributed by atoms with E-state index in [4.69, 9.17) is 0 Å². The number of rotatable bonds is 1. The van der Waals surface area contributed by atoms with Crippen molar-refractivity contribution >= 4 is 16.5 Å². The van der Waals surface area contributed by atoms with Gasteiger partial charge in [-0.05, 0) is 51.4 Å². The Bertz CT molecular complexity index is 871. The number of fused-ring (bicyclic) bond motifs is 2. The van der Waals surface area contributed by atoms with Crippen LogP contribution in [0.4, 0.5) is 5.69 Å². The average molecular weight is 301 g/mol. The van der Waals surface area contributed by atoms with Crippen LogP contribution in [-0.4, -0.2) is 0 Å². The third-order valence-corrected chi connectivity index (χ3v) is 4.90. The second-order valence-corrected chi connectivity index (χ2v) is 7.63. The average Bonchev–Trinajstić information content (AvgIpc) is 2.96. The predicted octanol–water partition coefficient (Wildman–Crippen LogP) is 5.85. The Morgan fingerprint density at radius 1 is 0.870 bits per heavy atom. The first kappa shape index (κ1) is 14.3. The quantitative estimate of drug-likeness (QED) is 0.595. The Hall–Kier alpha value is -2.28. The normalized spacial score (nSPS) is 17.1. The first-order chi connectivity index (χ1) is 11.0. The lowest BCUT2D eigenvalue weighted by molar-refractivity contribution is 0.589. The van der Waals surface area contributed by atoms with Gasteiger partial charge in [-0.15, -0.1) is 0 Å². The summed E-state index contributed by atoms with van der Waals surface area (Å²) in [5, 5.41) is 6.32. The zero-order chi connectivity index (χ0) is 16.0. The third-order valence-electron chi connectivity index (χ3n) is 4.90. The van der Waals surface area contributed by atoms with Gasteiger partial charge in [0.25, 0.3) is 0 Å². The molecule has 0 bridgehead atoms. The molecule has 3 aromatic rings. The Balaban J connectivity index is 1.66. The van der Waals surface area contributed by atoms with Crippen LogP contribution in [0.15, 0.2) is 60.7 Å². The third kappa shape index (κ3) is 2.61. The van der Waals surface area contributed by atoms with Crippen LogP contribution in [-0.2, 0) is 11.8 Å². The van der Waals surface area contributed by atoms with Crippen molar-refractivity contribution in [1.29, 1.82) is 0 Å². The van der Waals surface area contributed by atoms with Crippen molar-refractivity contribution in [3.63, 3.8) is 0 Å². The van der Waals surface area contributed by atoms with Crippen molar-refractivity contribution in [1.82, 2.24) is 0 Å². The summed E-state index contributed by atoms with van der Waals surface area (Å²) in [6.07, 6.45) is 1.07. The Kier molecular flexibility index (Phi) is 3.19. The first-order valence-electron chi connectivity index (χ1n) is 8.39. The van der Waals surface area contributed by atoms with Crippen molar-refractivity contribution < 1.29 is 0 Å². The molecule has 116 valence electrons. The van der Waals surface area contributed by atoms with Crippen LogP contribution in [0.5, 0.6) is 0 Å². The van der Waals surface area contributed by atoms with Gasteiger partial charge in [0.15, 0.2) is 0 Å². The minimum absolute atomic E-state index is 0.204. The first-order valence-corrected chi connectivity index (χ1v) is 8.39. The largest absolute Gasteiger partial charge is 0.378 e. The van der Waals surface area contributed by atoms with Crippen LogP contribution < -0.4 is 5.32 Å². The van der Waals surface area contributed by atoms with Gasteiger partial charge in [0.1, 0.15) is 0 Å². The summed E-state index contributed by atoms with van der Waals surface area (Å²) in [6.45, 7) is 6.83. The van der Waals surface area contributed by atoms with Crippen LogP contribution in [0.3, 0.4) is 0 Å². The lowest BCUT2D eigenvalue weighted by atomic mass is 9.85. The highest BCUT2D eigenvalue weighted by Crippen LogP contribution is 2.37. The molecule has 1 atom stereocenters. The van der Waals surface area contributed by atoms with E-state index in [1.54, 1.807) is 0 Å². The van der Waals surface area contributed by atoms with Crippen molar-refractivity contribution in [3.05, 3.63) is 77.4 Å². The van der Waals surface area contributed by atoms with Crippen molar-refractivity contribution in [3.8, 4) is 0 Å². The van der Waals surface area contributed by atoms with Crippen LogP contribution in [0, 0.1) is 0 Å². The molecule has 0 fully saturated rings. The topological polar surface area (TPSA) is 12.0 Å². The Morgan fingerprint density at radius 3 is 2.43 bits per heavy atom. The van der Waals surface area contributed by atoms with Gasteiger partial charge in [0, 0.05) is 5.69 Å². The highest BCUT2D eigenvalue weighted by molar-refractivity contribution is 5.83. The molecule has 1 heteroatoms. The second-order valence-electron chi connectivity index (χ2n) is 7.63. The zero-order valence-corrected chi connectivity index (χ0v) is 14.1. The van der Waals surface area contributed by atoms with Gasteiger partial charge in [-0.3, -0.25) is 0 Å². The Labute approximate surface area is 138 Å². The smallest absolute Gasteiger partial charge is 0.0555 e. The van der Waals surface area contributed by atoms with Crippen LogP contribution >= 0.6 is 0 Å². The molecule has 23 heavy (non-hydrogen) atoms. The van der Waals surface area contributed by atoms with E-state index < -0.39 is 0 Å². The van der Waals surface area contributed by atoms with Gasteiger partial charge < -0.3 is 5.32 Å². The molecule has 1 aliphatic heterocycles. The molecule has 0 radical (unpaired) electrons. The van der Waals surface area contributed by atoms with Gasteiger partial charge >= 0.3 is 0 Å².